The molecule has 0 fully saturated rings. The Labute approximate surface area is 102 Å². The van der Waals surface area contributed by atoms with Crippen molar-refractivity contribution in [3.63, 3.8) is 0 Å². The van der Waals surface area contributed by atoms with Crippen molar-refractivity contribution >= 4 is 43.3 Å². The zero-order valence-corrected chi connectivity index (χ0v) is 11.2. The number of thiol groups is 3. The molecule has 14 heavy (non-hydrogen) atoms. The number of hydrogen-bond donors (Lipinski definition) is 4. The SMILES string of the molecule is CCC(CCN(C)S)C(S)NC(=O)S. The van der Waals surface area contributed by atoms with Gasteiger partial charge in [0.2, 0.25) is 0 Å². The van der Waals surface area contributed by atoms with Crippen molar-refractivity contribution in [1.82, 2.24) is 9.62 Å². The number of amides is 1. The van der Waals surface area contributed by atoms with Gasteiger partial charge in [0.05, 0.1) is 5.37 Å². The van der Waals surface area contributed by atoms with Crippen molar-refractivity contribution in [2.45, 2.75) is 25.1 Å². The van der Waals surface area contributed by atoms with E-state index in [-0.39, 0.29) is 10.6 Å². The second-order valence-corrected chi connectivity index (χ2v) is 4.88. The van der Waals surface area contributed by atoms with E-state index in [1.165, 1.54) is 0 Å². The van der Waals surface area contributed by atoms with Crippen molar-refractivity contribution in [2.75, 3.05) is 13.6 Å². The maximum Gasteiger partial charge on any atom is 0.276 e. The van der Waals surface area contributed by atoms with E-state index in [0.717, 1.165) is 19.4 Å². The standard InChI is InChI=1S/C8H18N2OS3/c1-3-6(4-5-10(2)14)7(12)9-8(11)13/h6-7,12,14H,3-5H2,1-2H3,(H2,9,11,13). The first-order valence-corrected chi connectivity index (χ1v) is 5.91. The minimum Gasteiger partial charge on any atom is -0.335 e. The third-order valence-electron chi connectivity index (χ3n) is 2.07. The van der Waals surface area contributed by atoms with E-state index in [4.69, 9.17) is 0 Å². The number of nitrogens with one attached hydrogen (secondary N) is 1. The molecule has 3 nitrogen and oxygen atoms in total. The van der Waals surface area contributed by atoms with Gasteiger partial charge in [-0.3, -0.25) is 9.10 Å². The van der Waals surface area contributed by atoms with Crippen LogP contribution in [0.15, 0.2) is 0 Å². The fourth-order valence-electron chi connectivity index (χ4n) is 1.18. The molecule has 1 amide bonds. The Balaban J connectivity index is 3.92. The van der Waals surface area contributed by atoms with Gasteiger partial charge in [-0.1, -0.05) is 38.8 Å². The van der Waals surface area contributed by atoms with Crippen molar-refractivity contribution in [3.05, 3.63) is 0 Å². The fourth-order valence-corrected chi connectivity index (χ4v) is 2.02. The van der Waals surface area contributed by atoms with Crippen LogP contribution in [-0.2, 0) is 0 Å². The second kappa shape index (κ2) is 7.73. The Hall–Kier alpha value is 0.480. The summed E-state index contributed by atoms with van der Waals surface area (Å²) in [6.45, 7) is 2.96. The van der Waals surface area contributed by atoms with Crippen LogP contribution in [0.2, 0.25) is 0 Å². The van der Waals surface area contributed by atoms with Crippen LogP contribution in [0.25, 0.3) is 0 Å². The molecule has 84 valence electrons. The summed E-state index contributed by atoms with van der Waals surface area (Å²) < 4.78 is 1.83. The van der Waals surface area contributed by atoms with Crippen molar-refractivity contribution in [2.24, 2.45) is 5.92 Å². The average Bonchev–Trinajstić information content (AvgIpc) is 2.03. The first-order chi connectivity index (χ1) is 6.47. The molecule has 0 heterocycles. The Morgan fingerprint density at radius 2 is 2.14 bits per heavy atom. The molecular formula is C8H18N2OS3. The molecule has 0 aliphatic rings. The van der Waals surface area contributed by atoms with Gasteiger partial charge in [-0.05, 0) is 19.4 Å². The molecule has 2 atom stereocenters. The van der Waals surface area contributed by atoms with Gasteiger partial charge in [-0.2, -0.15) is 12.6 Å². The molecule has 0 radical (unpaired) electrons. The van der Waals surface area contributed by atoms with E-state index in [9.17, 15) is 4.79 Å². The summed E-state index contributed by atoms with van der Waals surface area (Å²) in [6, 6.07) is 0. The lowest BCUT2D eigenvalue weighted by molar-refractivity contribution is 0.256. The first-order valence-electron chi connectivity index (χ1n) is 4.54. The predicted octanol–water partition coefficient (Wildman–Crippen LogP) is 2.07. The zero-order valence-electron chi connectivity index (χ0n) is 8.47. The summed E-state index contributed by atoms with van der Waals surface area (Å²) in [5, 5.41) is 2.21. The quantitative estimate of drug-likeness (QED) is 0.432. The molecule has 0 aromatic heterocycles. The Bertz CT molecular complexity index is 178. The van der Waals surface area contributed by atoms with E-state index in [2.05, 4.69) is 50.3 Å². The molecular weight excluding hydrogens is 236 g/mol. The largest absolute Gasteiger partial charge is 0.335 e. The van der Waals surface area contributed by atoms with Crippen molar-refractivity contribution in [1.29, 1.82) is 0 Å². The molecule has 0 bridgehead atoms. The normalized spacial score (nSPS) is 15.3. The fraction of sp³-hybridized carbons (Fsp3) is 0.875. The smallest absolute Gasteiger partial charge is 0.276 e. The van der Waals surface area contributed by atoms with Crippen LogP contribution in [0, 0.1) is 5.92 Å². The Kier molecular flexibility index (Phi) is 8.00. The van der Waals surface area contributed by atoms with Gasteiger partial charge in [0.25, 0.3) is 5.24 Å². The van der Waals surface area contributed by atoms with Crippen LogP contribution < -0.4 is 5.32 Å². The number of carbonyl (C=O) groups excluding carboxylic acids is 1. The summed E-state index contributed by atoms with van der Waals surface area (Å²) >= 11 is 12.1. The van der Waals surface area contributed by atoms with Crippen LogP contribution >= 0.6 is 38.1 Å². The molecule has 6 heteroatoms. The third kappa shape index (κ3) is 6.86. The maximum absolute atomic E-state index is 10.7. The lowest BCUT2D eigenvalue weighted by atomic mass is 10.0. The van der Waals surface area contributed by atoms with Crippen molar-refractivity contribution in [3.8, 4) is 0 Å². The van der Waals surface area contributed by atoms with Gasteiger partial charge in [0.15, 0.2) is 0 Å². The molecule has 0 aliphatic carbocycles. The van der Waals surface area contributed by atoms with Gasteiger partial charge in [-0.15, -0.1) is 0 Å². The zero-order chi connectivity index (χ0) is 11.1. The van der Waals surface area contributed by atoms with Crippen LogP contribution in [0.1, 0.15) is 19.8 Å². The monoisotopic (exact) mass is 254 g/mol. The molecule has 0 saturated carbocycles. The van der Waals surface area contributed by atoms with Crippen LogP contribution in [-0.4, -0.2) is 28.5 Å². The van der Waals surface area contributed by atoms with Gasteiger partial charge in [-0.25, -0.2) is 0 Å². The molecule has 2 unspecified atom stereocenters. The van der Waals surface area contributed by atoms with Gasteiger partial charge in [0, 0.05) is 6.54 Å². The number of rotatable bonds is 6. The minimum atomic E-state index is -0.331. The summed E-state index contributed by atoms with van der Waals surface area (Å²) in [5.74, 6) is 0.351. The highest BCUT2D eigenvalue weighted by Gasteiger charge is 2.17. The van der Waals surface area contributed by atoms with E-state index in [1.807, 2.05) is 11.4 Å². The molecule has 0 spiro atoms. The number of nitrogens with zero attached hydrogens (tertiary/aromatic N) is 1. The first kappa shape index (κ1) is 14.5. The Morgan fingerprint density at radius 1 is 1.57 bits per heavy atom. The lowest BCUT2D eigenvalue weighted by Crippen LogP contribution is -2.34. The third-order valence-corrected chi connectivity index (χ3v) is 2.95. The lowest BCUT2D eigenvalue weighted by Gasteiger charge is -2.23. The molecule has 0 aromatic rings. The Morgan fingerprint density at radius 3 is 2.50 bits per heavy atom. The molecule has 0 saturated heterocycles. The maximum atomic E-state index is 10.7. The van der Waals surface area contributed by atoms with Crippen molar-refractivity contribution < 1.29 is 4.79 Å². The number of carbonyl (C=O) groups is 1. The summed E-state index contributed by atoms with van der Waals surface area (Å²) in [7, 11) is 1.90. The highest BCUT2D eigenvalue weighted by Crippen LogP contribution is 2.17. The predicted molar refractivity (Wildman–Crippen MR) is 70.3 cm³/mol. The number of hydrogen-bond acceptors (Lipinski definition) is 4. The minimum absolute atomic E-state index is 0.127. The van der Waals surface area contributed by atoms with Gasteiger partial charge >= 0.3 is 0 Å². The van der Waals surface area contributed by atoms with Gasteiger partial charge in [0.1, 0.15) is 0 Å². The van der Waals surface area contributed by atoms with Gasteiger partial charge < -0.3 is 5.32 Å². The molecule has 1 N–H and O–H groups in total. The summed E-state index contributed by atoms with van der Waals surface area (Å²) in [6.07, 6.45) is 1.93. The molecule has 0 aliphatic heterocycles. The average molecular weight is 254 g/mol. The highest BCUT2D eigenvalue weighted by molar-refractivity contribution is 7.96. The van der Waals surface area contributed by atoms with E-state index in [1.54, 1.807) is 0 Å². The second-order valence-electron chi connectivity index (χ2n) is 3.23. The molecule has 0 rings (SSSR count). The van der Waals surface area contributed by atoms with E-state index in [0.29, 0.717) is 5.92 Å². The highest BCUT2D eigenvalue weighted by atomic mass is 32.1. The van der Waals surface area contributed by atoms with E-state index >= 15 is 0 Å². The van der Waals surface area contributed by atoms with Crippen LogP contribution in [0.3, 0.4) is 0 Å². The topological polar surface area (TPSA) is 32.3 Å². The molecule has 0 aromatic carbocycles. The van der Waals surface area contributed by atoms with Crippen LogP contribution in [0.4, 0.5) is 4.79 Å². The summed E-state index contributed by atoms with van der Waals surface area (Å²) in [4.78, 5) is 10.7. The van der Waals surface area contributed by atoms with Crippen LogP contribution in [0.5, 0.6) is 0 Å². The summed E-state index contributed by atoms with van der Waals surface area (Å²) in [5.41, 5.74) is 0. The van der Waals surface area contributed by atoms with E-state index < -0.39 is 0 Å².